The van der Waals surface area contributed by atoms with Gasteiger partial charge in [-0.25, -0.2) is 0 Å². The predicted molar refractivity (Wildman–Crippen MR) is 65.0 cm³/mol. The Bertz CT molecular complexity index is 256. The lowest BCUT2D eigenvalue weighted by atomic mass is 9.94. The van der Waals surface area contributed by atoms with Crippen molar-refractivity contribution in [1.82, 2.24) is 0 Å². The number of nitrogens with one attached hydrogen (secondary N) is 1. The summed E-state index contributed by atoms with van der Waals surface area (Å²) < 4.78 is 0. The van der Waals surface area contributed by atoms with Gasteiger partial charge in [-0.3, -0.25) is 0 Å². The van der Waals surface area contributed by atoms with Gasteiger partial charge in [0.25, 0.3) is 0 Å². The van der Waals surface area contributed by atoms with Crippen LogP contribution in [0.5, 0.6) is 0 Å². The van der Waals surface area contributed by atoms with E-state index in [9.17, 15) is 5.11 Å². The zero-order valence-corrected chi connectivity index (χ0v) is 9.61. The minimum Gasteiger partial charge on any atom is -0.394 e. The van der Waals surface area contributed by atoms with Crippen molar-refractivity contribution < 1.29 is 5.11 Å². The van der Waals surface area contributed by atoms with Gasteiger partial charge in [0, 0.05) is 5.69 Å². The van der Waals surface area contributed by atoms with Gasteiger partial charge < -0.3 is 10.4 Å². The van der Waals surface area contributed by atoms with Crippen molar-refractivity contribution in [2.75, 3.05) is 11.9 Å². The molecule has 0 radical (unpaired) electrons. The molecule has 0 bridgehead atoms. The second kappa shape index (κ2) is 6.46. The average Bonchev–Trinajstić information content (AvgIpc) is 2.30. The number of hydrogen-bond donors (Lipinski definition) is 2. The lowest BCUT2D eigenvalue weighted by molar-refractivity contribution is 0.231. The molecule has 2 N–H and O–H groups in total. The van der Waals surface area contributed by atoms with E-state index in [4.69, 9.17) is 0 Å². The van der Waals surface area contributed by atoms with Crippen LogP contribution in [0.4, 0.5) is 5.69 Å². The van der Waals surface area contributed by atoms with E-state index in [1.54, 1.807) is 0 Å². The molecule has 1 rings (SSSR count). The largest absolute Gasteiger partial charge is 0.394 e. The highest BCUT2D eigenvalue weighted by atomic mass is 16.3. The summed E-state index contributed by atoms with van der Waals surface area (Å²) in [5.74, 6) is 0.537. The first-order valence-corrected chi connectivity index (χ1v) is 5.74. The van der Waals surface area contributed by atoms with Crippen molar-refractivity contribution in [3.63, 3.8) is 0 Å². The van der Waals surface area contributed by atoms with Gasteiger partial charge in [0.05, 0.1) is 12.6 Å². The molecule has 1 aromatic carbocycles. The fraction of sp³-hybridized carbons (Fsp3) is 0.538. The molecule has 0 spiro atoms. The van der Waals surface area contributed by atoms with Crippen molar-refractivity contribution in [2.45, 2.75) is 32.7 Å². The molecule has 1 unspecified atom stereocenters. The second-order valence-corrected chi connectivity index (χ2v) is 3.88. The van der Waals surface area contributed by atoms with E-state index in [2.05, 4.69) is 19.2 Å². The first-order chi connectivity index (χ1) is 7.31. The summed E-state index contributed by atoms with van der Waals surface area (Å²) >= 11 is 0. The Morgan fingerprint density at radius 3 is 2.20 bits per heavy atom. The molecule has 0 aliphatic rings. The molecule has 1 aromatic rings. The molecule has 2 nitrogen and oxygen atoms in total. The normalized spacial score (nSPS) is 12.8. The molecule has 0 amide bonds. The monoisotopic (exact) mass is 207 g/mol. The van der Waals surface area contributed by atoms with Gasteiger partial charge in [-0.1, -0.05) is 44.9 Å². The summed E-state index contributed by atoms with van der Waals surface area (Å²) in [6.07, 6.45) is 2.20. The number of aliphatic hydroxyl groups excluding tert-OH is 1. The highest BCUT2D eigenvalue weighted by Crippen LogP contribution is 2.17. The molecular weight excluding hydrogens is 186 g/mol. The van der Waals surface area contributed by atoms with Crippen LogP contribution in [0.3, 0.4) is 0 Å². The molecule has 84 valence electrons. The Morgan fingerprint density at radius 1 is 1.13 bits per heavy atom. The Labute approximate surface area is 92.3 Å². The summed E-state index contributed by atoms with van der Waals surface area (Å²) in [5, 5.41) is 12.7. The zero-order chi connectivity index (χ0) is 11.1. The molecule has 0 saturated heterocycles. The molecule has 15 heavy (non-hydrogen) atoms. The van der Waals surface area contributed by atoms with Crippen LogP contribution in [0.1, 0.15) is 26.7 Å². The van der Waals surface area contributed by atoms with Gasteiger partial charge in [-0.15, -0.1) is 0 Å². The number of rotatable bonds is 6. The van der Waals surface area contributed by atoms with Gasteiger partial charge in [0.1, 0.15) is 0 Å². The number of aliphatic hydroxyl groups is 1. The van der Waals surface area contributed by atoms with Gasteiger partial charge in [-0.2, -0.15) is 0 Å². The molecule has 0 saturated carbocycles. The SMILES string of the molecule is CCC(CC)C(CO)Nc1ccccc1. The molecule has 0 heterocycles. The van der Waals surface area contributed by atoms with Crippen LogP contribution >= 0.6 is 0 Å². The van der Waals surface area contributed by atoms with E-state index >= 15 is 0 Å². The first-order valence-electron chi connectivity index (χ1n) is 5.74. The summed E-state index contributed by atoms with van der Waals surface area (Å²) in [7, 11) is 0. The van der Waals surface area contributed by atoms with E-state index in [-0.39, 0.29) is 12.6 Å². The molecule has 2 heteroatoms. The maximum atomic E-state index is 9.36. The van der Waals surface area contributed by atoms with Crippen molar-refractivity contribution >= 4 is 5.69 Å². The minimum absolute atomic E-state index is 0.169. The maximum Gasteiger partial charge on any atom is 0.0635 e. The molecule has 0 fully saturated rings. The Balaban J connectivity index is 2.61. The summed E-state index contributed by atoms with van der Waals surface area (Å²) in [6.45, 7) is 4.54. The van der Waals surface area contributed by atoms with Crippen molar-refractivity contribution in [3.8, 4) is 0 Å². The number of benzene rings is 1. The van der Waals surface area contributed by atoms with Crippen LogP contribution in [0.2, 0.25) is 0 Å². The van der Waals surface area contributed by atoms with Gasteiger partial charge in [0.2, 0.25) is 0 Å². The Morgan fingerprint density at radius 2 is 1.73 bits per heavy atom. The third kappa shape index (κ3) is 3.56. The highest BCUT2D eigenvalue weighted by Gasteiger charge is 2.16. The van der Waals surface area contributed by atoms with E-state index in [0.717, 1.165) is 18.5 Å². The van der Waals surface area contributed by atoms with Crippen LogP contribution in [-0.4, -0.2) is 17.8 Å². The number of para-hydroxylation sites is 1. The second-order valence-electron chi connectivity index (χ2n) is 3.88. The molecule has 0 aliphatic carbocycles. The molecule has 0 aliphatic heterocycles. The van der Waals surface area contributed by atoms with Crippen LogP contribution < -0.4 is 5.32 Å². The standard InChI is InChI=1S/C13H21NO/c1-3-11(4-2)13(10-15)14-12-8-6-5-7-9-12/h5-9,11,13-15H,3-4,10H2,1-2H3. The molecule has 1 atom stereocenters. The lowest BCUT2D eigenvalue weighted by Gasteiger charge is -2.25. The Hall–Kier alpha value is -1.02. The van der Waals surface area contributed by atoms with E-state index < -0.39 is 0 Å². The molecular formula is C13H21NO. The highest BCUT2D eigenvalue weighted by molar-refractivity contribution is 5.43. The van der Waals surface area contributed by atoms with Gasteiger partial charge >= 0.3 is 0 Å². The maximum absolute atomic E-state index is 9.36. The van der Waals surface area contributed by atoms with Gasteiger partial charge in [0.15, 0.2) is 0 Å². The van der Waals surface area contributed by atoms with E-state index in [1.807, 2.05) is 30.3 Å². The minimum atomic E-state index is 0.169. The average molecular weight is 207 g/mol. The fourth-order valence-electron chi connectivity index (χ4n) is 1.92. The van der Waals surface area contributed by atoms with Crippen molar-refractivity contribution in [3.05, 3.63) is 30.3 Å². The fourth-order valence-corrected chi connectivity index (χ4v) is 1.92. The Kier molecular flexibility index (Phi) is 5.19. The summed E-state index contributed by atoms with van der Waals surface area (Å²) in [4.78, 5) is 0. The third-order valence-corrected chi connectivity index (χ3v) is 2.94. The zero-order valence-electron chi connectivity index (χ0n) is 9.61. The third-order valence-electron chi connectivity index (χ3n) is 2.94. The quantitative estimate of drug-likeness (QED) is 0.751. The van der Waals surface area contributed by atoms with Crippen LogP contribution in [-0.2, 0) is 0 Å². The summed E-state index contributed by atoms with van der Waals surface area (Å²) in [6, 6.07) is 10.2. The summed E-state index contributed by atoms with van der Waals surface area (Å²) in [5.41, 5.74) is 1.09. The van der Waals surface area contributed by atoms with Gasteiger partial charge in [-0.05, 0) is 18.1 Å². The number of anilines is 1. The van der Waals surface area contributed by atoms with E-state index in [0.29, 0.717) is 5.92 Å². The molecule has 0 aromatic heterocycles. The topological polar surface area (TPSA) is 32.3 Å². The smallest absolute Gasteiger partial charge is 0.0635 e. The van der Waals surface area contributed by atoms with Crippen LogP contribution in [0, 0.1) is 5.92 Å². The van der Waals surface area contributed by atoms with Crippen molar-refractivity contribution in [2.24, 2.45) is 5.92 Å². The predicted octanol–water partition coefficient (Wildman–Crippen LogP) is 2.90. The van der Waals surface area contributed by atoms with Crippen molar-refractivity contribution in [1.29, 1.82) is 0 Å². The van der Waals surface area contributed by atoms with Crippen LogP contribution in [0.15, 0.2) is 30.3 Å². The van der Waals surface area contributed by atoms with E-state index in [1.165, 1.54) is 0 Å². The number of hydrogen-bond acceptors (Lipinski definition) is 2. The lowest BCUT2D eigenvalue weighted by Crippen LogP contribution is -2.32. The van der Waals surface area contributed by atoms with Crippen LogP contribution in [0.25, 0.3) is 0 Å². The first kappa shape index (κ1) is 12.1.